The summed E-state index contributed by atoms with van der Waals surface area (Å²) in [5.74, 6) is -0.688. The Hall–Kier alpha value is -1.79. The average molecular weight is 356 g/mol. The fraction of sp³-hybridized carbons (Fsp3) is 0.529. The zero-order valence-corrected chi connectivity index (χ0v) is 14.4. The molecule has 1 heterocycles. The fourth-order valence-corrected chi connectivity index (χ4v) is 3.16. The molecule has 0 unspecified atom stereocenters. The van der Waals surface area contributed by atoms with Crippen LogP contribution in [0.4, 0.5) is 0 Å². The summed E-state index contributed by atoms with van der Waals surface area (Å²) in [5, 5.41) is 12.5. The van der Waals surface area contributed by atoms with Crippen LogP contribution in [-0.2, 0) is 20.7 Å². The number of carboxylic acids is 1. The van der Waals surface area contributed by atoms with Gasteiger partial charge in [0.25, 0.3) is 0 Å². The van der Waals surface area contributed by atoms with E-state index >= 15 is 0 Å². The SMILES string of the molecule is CCOc1c(Cl)cccc1CC(=O)NC1(CC(=O)O)CCOCC1. The van der Waals surface area contributed by atoms with Crippen LogP contribution in [0, 0.1) is 0 Å². The first-order chi connectivity index (χ1) is 11.5. The standard InChI is InChI=1S/C17H22ClNO5/c1-2-24-16-12(4-3-5-13(16)18)10-14(20)19-17(11-15(21)22)6-8-23-9-7-17/h3-5H,2,6-11H2,1H3,(H,19,20)(H,21,22). The Morgan fingerprint density at radius 1 is 1.38 bits per heavy atom. The van der Waals surface area contributed by atoms with Crippen LogP contribution in [0.2, 0.25) is 5.02 Å². The van der Waals surface area contributed by atoms with E-state index in [9.17, 15) is 9.59 Å². The molecule has 2 rings (SSSR count). The number of hydrogen-bond acceptors (Lipinski definition) is 4. The van der Waals surface area contributed by atoms with Crippen molar-refractivity contribution in [1.29, 1.82) is 0 Å². The summed E-state index contributed by atoms with van der Waals surface area (Å²) >= 11 is 6.13. The van der Waals surface area contributed by atoms with Crippen LogP contribution in [-0.4, -0.2) is 42.3 Å². The third kappa shape index (κ3) is 4.85. The van der Waals surface area contributed by atoms with Gasteiger partial charge in [0.1, 0.15) is 5.75 Å². The van der Waals surface area contributed by atoms with Crippen molar-refractivity contribution < 1.29 is 24.2 Å². The highest BCUT2D eigenvalue weighted by atomic mass is 35.5. The molecule has 1 saturated heterocycles. The second-order valence-corrected chi connectivity index (χ2v) is 6.26. The summed E-state index contributed by atoms with van der Waals surface area (Å²) in [7, 11) is 0. The highest BCUT2D eigenvalue weighted by molar-refractivity contribution is 6.32. The Morgan fingerprint density at radius 3 is 2.71 bits per heavy atom. The number of nitrogens with one attached hydrogen (secondary N) is 1. The van der Waals surface area contributed by atoms with Crippen molar-refractivity contribution in [3.63, 3.8) is 0 Å². The van der Waals surface area contributed by atoms with Gasteiger partial charge in [-0.05, 0) is 25.8 Å². The van der Waals surface area contributed by atoms with Crippen LogP contribution in [0.5, 0.6) is 5.75 Å². The van der Waals surface area contributed by atoms with Crippen molar-refractivity contribution in [2.45, 2.75) is 38.1 Å². The molecule has 1 aliphatic heterocycles. The minimum absolute atomic E-state index is 0.0815. The first-order valence-electron chi connectivity index (χ1n) is 7.96. The van der Waals surface area contributed by atoms with Gasteiger partial charge in [-0.15, -0.1) is 0 Å². The molecular formula is C17H22ClNO5. The highest BCUT2D eigenvalue weighted by Crippen LogP contribution is 2.30. The summed E-state index contributed by atoms with van der Waals surface area (Å²) in [4.78, 5) is 23.7. The van der Waals surface area contributed by atoms with Gasteiger partial charge in [0, 0.05) is 18.8 Å². The quantitative estimate of drug-likeness (QED) is 0.784. The molecule has 0 atom stereocenters. The first kappa shape index (κ1) is 18.5. The fourth-order valence-electron chi connectivity index (χ4n) is 2.91. The van der Waals surface area contributed by atoms with E-state index in [2.05, 4.69) is 5.32 Å². The topological polar surface area (TPSA) is 84.9 Å². The van der Waals surface area contributed by atoms with E-state index in [0.29, 0.717) is 49.0 Å². The van der Waals surface area contributed by atoms with Crippen molar-refractivity contribution in [2.75, 3.05) is 19.8 Å². The zero-order chi connectivity index (χ0) is 17.6. The van der Waals surface area contributed by atoms with Gasteiger partial charge in [-0.3, -0.25) is 9.59 Å². The smallest absolute Gasteiger partial charge is 0.305 e. The lowest BCUT2D eigenvalue weighted by molar-refractivity contribution is -0.140. The Balaban J connectivity index is 2.11. The Kier molecular flexibility index (Phi) is 6.45. The van der Waals surface area contributed by atoms with Crippen LogP contribution in [0.1, 0.15) is 31.7 Å². The molecule has 7 heteroatoms. The molecule has 24 heavy (non-hydrogen) atoms. The van der Waals surface area contributed by atoms with Gasteiger partial charge < -0.3 is 19.9 Å². The van der Waals surface area contributed by atoms with Gasteiger partial charge in [-0.1, -0.05) is 23.7 Å². The van der Waals surface area contributed by atoms with E-state index in [1.165, 1.54) is 0 Å². The first-order valence-corrected chi connectivity index (χ1v) is 8.34. The Bertz CT molecular complexity index is 599. The summed E-state index contributed by atoms with van der Waals surface area (Å²) in [5.41, 5.74) is -0.0784. The number of carboxylic acid groups (broad SMARTS) is 1. The van der Waals surface area contributed by atoms with Crippen molar-refractivity contribution in [2.24, 2.45) is 0 Å². The van der Waals surface area contributed by atoms with Crippen molar-refractivity contribution in [3.05, 3.63) is 28.8 Å². The molecule has 1 aromatic rings. The van der Waals surface area contributed by atoms with E-state index in [1.54, 1.807) is 18.2 Å². The van der Waals surface area contributed by atoms with E-state index in [4.69, 9.17) is 26.2 Å². The number of hydrogen-bond donors (Lipinski definition) is 2. The number of halogens is 1. The molecule has 1 aliphatic rings. The maximum absolute atomic E-state index is 12.5. The van der Waals surface area contributed by atoms with Crippen LogP contribution in [0.3, 0.4) is 0 Å². The van der Waals surface area contributed by atoms with E-state index in [1.807, 2.05) is 6.92 Å². The van der Waals surface area contributed by atoms with Gasteiger partial charge >= 0.3 is 5.97 Å². The normalized spacial score (nSPS) is 16.4. The Morgan fingerprint density at radius 2 is 2.08 bits per heavy atom. The third-order valence-corrected chi connectivity index (χ3v) is 4.33. The summed E-state index contributed by atoms with van der Waals surface area (Å²) in [6.45, 7) is 3.17. The monoisotopic (exact) mass is 355 g/mol. The van der Waals surface area contributed by atoms with Crippen molar-refractivity contribution in [3.8, 4) is 5.75 Å². The molecule has 2 N–H and O–H groups in total. The molecule has 6 nitrogen and oxygen atoms in total. The third-order valence-electron chi connectivity index (χ3n) is 4.03. The minimum atomic E-state index is -0.935. The molecule has 1 amide bonds. The largest absolute Gasteiger partial charge is 0.492 e. The molecule has 1 aromatic carbocycles. The molecule has 132 valence electrons. The molecule has 0 aromatic heterocycles. The molecule has 0 radical (unpaired) electrons. The second kappa shape index (κ2) is 8.35. The summed E-state index contributed by atoms with van der Waals surface area (Å²) in [6, 6.07) is 5.25. The molecule has 0 aliphatic carbocycles. The number of benzene rings is 1. The van der Waals surface area contributed by atoms with E-state index in [0.717, 1.165) is 0 Å². The van der Waals surface area contributed by atoms with Crippen LogP contribution < -0.4 is 10.1 Å². The van der Waals surface area contributed by atoms with Gasteiger partial charge in [-0.25, -0.2) is 0 Å². The van der Waals surface area contributed by atoms with Crippen LogP contribution in [0.25, 0.3) is 0 Å². The number of amides is 1. The number of ether oxygens (including phenoxy) is 2. The van der Waals surface area contributed by atoms with Gasteiger partial charge in [0.15, 0.2) is 0 Å². The predicted octanol–water partition coefficient (Wildman–Crippen LogP) is 2.42. The average Bonchev–Trinajstić information content (AvgIpc) is 2.50. The maximum atomic E-state index is 12.5. The number of para-hydroxylation sites is 1. The minimum Gasteiger partial charge on any atom is -0.492 e. The van der Waals surface area contributed by atoms with E-state index in [-0.39, 0.29) is 18.7 Å². The molecule has 0 bridgehead atoms. The van der Waals surface area contributed by atoms with Crippen molar-refractivity contribution >= 4 is 23.5 Å². The van der Waals surface area contributed by atoms with Crippen molar-refractivity contribution in [1.82, 2.24) is 5.32 Å². The van der Waals surface area contributed by atoms with Gasteiger partial charge in [-0.2, -0.15) is 0 Å². The van der Waals surface area contributed by atoms with E-state index < -0.39 is 11.5 Å². The lowest BCUT2D eigenvalue weighted by Gasteiger charge is -2.36. The summed E-state index contributed by atoms with van der Waals surface area (Å²) in [6.07, 6.45) is 0.936. The number of carbonyl (C=O) groups excluding carboxylic acids is 1. The second-order valence-electron chi connectivity index (χ2n) is 5.85. The lowest BCUT2D eigenvalue weighted by Crippen LogP contribution is -2.53. The predicted molar refractivity (Wildman–Crippen MR) is 89.5 cm³/mol. The Labute approximate surface area is 146 Å². The molecule has 1 fully saturated rings. The lowest BCUT2D eigenvalue weighted by atomic mass is 9.86. The number of aliphatic carboxylic acids is 1. The van der Waals surface area contributed by atoms with Gasteiger partial charge in [0.2, 0.25) is 5.91 Å². The van der Waals surface area contributed by atoms with Crippen LogP contribution in [0.15, 0.2) is 18.2 Å². The number of carbonyl (C=O) groups is 2. The molecule has 0 spiro atoms. The van der Waals surface area contributed by atoms with Crippen LogP contribution >= 0.6 is 11.6 Å². The molecule has 0 saturated carbocycles. The zero-order valence-electron chi connectivity index (χ0n) is 13.6. The maximum Gasteiger partial charge on any atom is 0.305 e. The van der Waals surface area contributed by atoms with Gasteiger partial charge in [0.05, 0.1) is 30.0 Å². The highest BCUT2D eigenvalue weighted by Gasteiger charge is 2.36. The number of rotatable bonds is 7. The molecular weight excluding hydrogens is 334 g/mol. The summed E-state index contributed by atoms with van der Waals surface area (Å²) < 4.78 is 10.8.